The Morgan fingerprint density at radius 2 is 2.00 bits per heavy atom. The van der Waals surface area contributed by atoms with Gasteiger partial charge in [0.05, 0.1) is 13.2 Å². The number of nitrogens with zero attached hydrogens (tertiary/aromatic N) is 1. The molecule has 1 heterocycles. The van der Waals surface area contributed by atoms with Crippen LogP contribution in [0.3, 0.4) is 0 Å². The van der Waals surface area contributed by atoms with E-state index < -0.39 is 6.61 Å². The largest absolute Gasteiger partial charge is 0.434 e. The molecule has 0 aromatic heterocycles. The minimum absolute atomic E-state index is 0.0440. The molecule has 1 aromatic rings. The first kappa shape index (κ1) is 21.3. The molecular weight excluding hydrogens is 354 g/mol. The third-order valence-corrected chi connectivity index (χ3v) is 4.37. The van der Waals surface area contributed by atoms with Gasteiger partial charge in [-0.15, -0.1) is 0 Å². The molecule has 5 nitrogen and oxygen atoms in total. The molecule has 1 aromatic carbocycles. The smallest absolute Gasteiger partial charge is 0.387 e. The Labute approximate surface area is 159 Å². The standard InChI is InChI=1S/C20H28F2N2O3/c1-15(2)13-17(24-9-11-26-12-10-24)14-23-19(25)8-7-16-5-3-4-6-18(16)27-20(21)22/h3-8,15,17,20H,9-14H2,1-2H3,(H,23,25)/b8-7+. The van der Waals surface area contributed by atoms with Crippen molar-refractivity contribution < 1.29 is 23.0 Å². The van der Waals surface area contributed by atoms with Crippen LogP contribution in [0.2, 0.25) is 0 Å². The SMILES string of the molecule is CC(C)CC(CNC(=O)/C=C/c1ccccc1OC(F)F)N1CCOCC1. The van der Waals surface area contributed by atoms with Crippen LogP contribution in [0, 0.1) is 5.92 Å². The molecule has 27 heavy (non-hydrogen) atoms. The Morgan fingerprint density at radius 3 is 2.67 bits per heavy atom. The summed E-state index contributed by atoms with van der Waals surface area (Å²) in [5.74, 6) is 0.301. The lowest BCUT2D eigenvalue weighted by Gasteiger charge is -2.35. The molecule has 150 valence electrons. The highest BCUT2D eigenvalue weighted by Gasteiger charge is 2.22. The fourth-order valence-electron chi connectivity index (χ4n) is 3.11. The fraction of sp³-hybridized carbons (Fsp3) is 0.550. The summed E-state index contributed by atoms with van der Waals surface area (Å²) in [5.41, 5.74) is 0.430. The molecule has 2 rings (SSSR count). The summed E-state index contributed by atoms with van der Waals surface area (Å²) in [6, 6.07) is 6.62. The highest BCUT2D eigenvalue weighted by molar-refractivity contribution is 5.92. The number of halogens is 2. The second kappa shape index (κ2) is 11.0. The van der Waals surface area contributed by atoms with Crippen LogP contribution in [-0.2, 0) is 9.53 Å². The van der Waals surface area contributed by atoms with Gasteiger partial charge in [0.15, 0.2) is 0 Å². The van der Waals surface area contributed by atoms with Crippen LogP contribution in [0.4, 0.5) is 8.78 Å². The lowest BCUT2D eigenvalue weighted by Crippen LogP contribution is -2.49. The molecule has 1 aliphatic rings. The molecule has 1 saturated heterocycles. The van der Waals surface area contributed by atoms with E-state index in [9.17, 15) is 13.6 Å². The molecule has 0 spiro atoms. The molecule has 0 radical (unpaired) electrons. The third-order valence-electron chi connectivity index (χ3n) is 4.37. The first-order valence-corrected chi connectivity index (χ1v) is 9.27. The maximum absolute atomic E-state index is 12.5. The summed E-state index contributed by atoms with van der Waals surface area (Å²) < 4.78 is 34.8. The Balaban J connectivity index is 1.92. The number of carbonyl (C=O) groups excluding carboxylic acids is 1. The highest BCUT2D eigenvalue weighted by atomic mass is 19.3. The van der Waals surface area contributed by atoms with E-state index in [2.05, 4.69) is 28.8 Å². The van der Waals surface area contributed by atoms with Gasteiger partial charge >= 0.3 is 6.61 Å². The fourth-order valence-corrected chi connectivity index (χ4v) is 3.11. The van der Waals surface area contributed by atoms with Crippen LogP contribution < -0.4 is 10.1 Å². The summed E-state index contributed by atoms with van der Waals surface area (Å²) in [4.78, 5) is 14.5. The van der Waals surface area contributed by atoms with Crippen molar-refractivity contribution in [3.63, 3.8) is 0 Å². The summed E-state index contributed by atoms with van der Waals surface area (Å²) >= 11 is 0. The predicted octanol–water partition coefficient (Wildman–Crippen LogP) is 3.16. The average Bonchev–Trinajstić information content (AvgIpc) is 2.64. The van der Waals surface area contributed by atoms with Crippen molar-refractivity contribution in [2.75, 3.05) is 32.8 Å². The van der Waals surface area contributed by atoms with Crippen molar-refractivity contribution in [2.45, 2.75) is 32.9 Å². The minimum Gasteiger partial charge on any atom is -0.434 e. The van der Waals surface area contributed by atoms with E-state index in [1.54, 1.807) is 18.2 Å². The number of carbonyl (C=O) groups is 1. The number of amides is 1. The van der Waals surface area contributed by atoms with Gasteiger partial charge in [-0.2, -0.15) is 8.78 Å². The number of rotatable bonds is 9. The van der Waals surface area contributed by atoms with Gasteiger partial charge in [-0.05, 0) is 24.5 Å². The molecule has 0 aliphatic carbocycles. The zero-order chi connectivity index (χ0) is 19.6. The Hall–Kier alpha value is -1.99. The normalized spacial score (nSPS) is 16.8. The second-order valence-corrected chi connectivity index (χ2v) is 6.93. The molecular formula is C20H28F2N2O3. The van der Waals surface area contributed by atoms with Crippen LogP contribution in [0.1, 0.15) is 25.8 Å². The number of morpholine rings is 1. The van der Waals surface area contributed by atoms with E-state index in [1.807, 2.05) is 0 Å². The maximum atomic E-state index is 12.5. The van der Waals surface area contributed by atoms with Crippen molar-refractivity contribution in [3.8, 4) is 5.75 Å². The molecule has 1 N–H and O–H groups in total. The zero-order valence-electron chi connectivity index (χ0n) is 15.9. The van der Waals surface area contributed by atoms with Crippen LogP contribution in [-0.4, -0.2) is 56.3 Å². The van der Waals surface area contributed by atoms with Crippen molar-refractivity contribution >= 4 is 12.0 Å². The topological polar surface area (TPSA) is 50.8 Å². The Morgan fingerprint density at radius 1 is 1.30 bits per heavy atom. The molecule has 1 atom stereocenters. The first-order chi connectivity index (χ1) is 13.0. The van der Waals surface area contributed by atoms with Crippen LogP contribution >= 0.6 is 0 Å². The Bertz CT molecular complexity index is 617. The number of alkyl halides is 2. The average molecular weight is 382 g/mol. The number of nitrogens with one attached hydrogen (secondary N) is 1. The second-order valence-electron chi connectivity index (χ2n) is 6.93. The number of benzene rings is 1. The molecule has 7 heteroatoms. The lowest BCUT2D eigenvalue weighted by atomic mass is 10.0. The summed E-state index contributed by atoms with van der Waals surface area (Å²) in [7, 11) is 0. The summed E-state index contributed by atoms with van der Waals surface area (Å²) in [5, 5.41) is 2.92. The molecule has 0 bridgehead atoms. The Kier molecular flexibility index (Phi) is 8.67. The van der Waals surface area contributed by atoms with E-state index in [1.165, 1.54) is 18.2 Å². The highest BCUT2D eigenvalue weighted by Crippen LogP contribution is 2.21. The molecule has 1 aliphatic heterocycles. The van der Waals surface area contributed by atoms with Gasteiger partial charge in [-0.25, -0.2) is 0 Å². The van der Waals surface area contributed by atoms with Gasteiger partial charge < -0.3 is 14.8 Å². The van der Waals surface area contributed by atoms with Gasteiger partial charge in [0.2, 0.25) is 5.91 Å². The van der Waals surface area contributed by atoms with Gasteiger partial charge in [0, 0.05) is 37.3 Å². The third kappa shape index (κ3) is 7.64. The van der Waals surface area contributed by atoms with Gasteiger partial charge in [-0.1, -0.05) is 32.0 Å². The van der Waals surface area contributed by atoms with Gasteiger partial charge in [-0.3, -0.25) is 9.69 Å². The number of para-hydroxylation sites is 1. The van der Waals surface area contributed by atoms with Crippen molar-refractivity contribution in [2.24, 2.45) is 5.92 Å². The minimum atomic E-state index is -2.90. The van der Waals surface area contributed by atoms with Crippen LogP contribution in [0.25, 0.3) is 6.08 Å². The zero-order valence-corrected chi connectivity index (χ0v) is 15.9. The van der Waals surface area contributed by atoms with E-state index in [4.69, 9.17) is 4.74 Å². The van der Waals surface area contributed by atoms with E-state index in [0.717, 1.165) is 19.5 Å². The maximum Gasteiger partial charge on any atom is 0.387 e. The van der Waals surface area contributed by atoms with Crippen LogP contribution in [0.5, 0.6) is 5.75 Å². The molecule has 1 amide bonds. The van der Waals surface area contributed by atoms with Crippen molar-refractivity contribution in [1.82, 2.24) is 10.2 Å². The summed E-state index contributed by atoms with van der Waals surface area (Å²) in [6.45, 7) is 5.11. The molecule has 1 unspecified atom stereocenters. The van der Waals surface area contributed by atoms with Crippen molar-refractivity contribution in [3.05, 3.63) is 35.9 Å². The van der Waals surface area contributed by atoms with Gasteiger partial charge in [0.1, 0.15) is 5.75 Å². The van der Waals surface area contributed by atoms with Crippen molar-refractivity contribution in [1.29, 1.82) is 0 Å². The summed E-state index contributed by atoms with van der Waals surface area (Å²) in [6.07, 6.45) is 3.81. The molecule has 0 saturated carbocycles. The van der Waals surface area contributed by atoms with Gasteiger partial charge in [0.25, 0.3) is 0 Å². The molecule has 1 fully saturated rings. The lowest BCUT2D eigenvalue weighted by molar-refractivity contribution is -0.116. The van der Waals surface area contributed by atoms with E-state index in [-0.39, 0.29) is 17.7 Å². The number of hydrogen-bond donors (Lipinski definition) is 1. The monoisotopic (exact) mass is 382 g/mol. The van der Waals surface area contributed by atoms with E-state index in [0.29, 0.717) is 31.2 Å². The number of hydrogen-bond acceptors (Lipinski definition) is 4. The first-order valence-electron chi connectivity index (χ1n) is 9.27. The number of ether oxygens (including phenoxy) is 2. The van der Waals surface area contributed by atoms with Crippen LogP contribution in [0.15, 0.2) is 30.3 Å². The predicted molar refractivity (Wildman–Crippen MR) is 101 cm³/mol. The van der Waals surface area contributed by atoms with E-state index >= 15 is 0 Å². The quantitative estimate of drug-likeness (QED) is 0.667.